The molecule has 12 heteroatoms. The fourth-order valence-electron chi connectivity index (χ4n) is 3.88. The Morgan fingerprint density at radius 1 is 1.30 bits per heavy atom. The van der Waals surface area contributed by atoms with Gasteiger partial charge in [0.15, 0.2) is 0 Å². The summed E-state index contributed by atoms with van der Waals surface area (Å²) in [4.78, 5) is 42.7. The molecule has 0 spiro atoms. The van der Waals surface area contributed by atoms with Crippen molar-refractivity contribution in [2.24, 2.45) is 11.8 Å². The van der Waals surface area contributed by atoms with Crippen molar-refractivity contribution in [3.05, 3.63) is 29.0 Å². The summed E-state index contributed by atoms with van der Waals surface area (Å²) in [6.07, 6.45) is -2.04. The molecule has 8 nitrogen and oxygen atoms in total. The van der Waals surface area contributed by atoms with Gasteiger partial charge >= 0.3 is 12.1 Å². The number of carbonyl (C=O) groups excluding carboxylic acids is 3. The molecule has 2 N–H and O–H groups in total. The number of alkyl halides is 3. The molecule has 0 aliphatic carbocycles. The summed E-state index contributed by atoms with van der Waals surface area (Å²) in [5, 5.41) is 14.1. The summed E-state index contributed by atoms with van der Waals surface area (Å²) in [6.45, 7) is 5.32. The number of likely N-dealkylation sites (tertiary alicyclic amines) is 1. The van der Waals surface area contributed by atoms with Crippen LogP contribution >= 0.6 is 11.6 Å². The van der Waals surface area contributed by atoms with E-state index in [2.05, 4.69) is 10.3 Å². The zero-order valence-corrected chi connectivity index (χ0v) is 19.1. The summed E-state index contributed by atoms with van der Waals surface area (Å²) in [5.74, 6) is -3.95. The van der Waals surface area contributed by atoms with Gasteiger partial charge in [-0.3, -0.25) is 19.4 Å². The second kappa shape index (κ2) is 10.8. The zero-order valence-electron chi connectivity index (χ0n) is 18.3. The van der Waals surface area contributed by atoms with Crippen LogP contribution in [0.4, 0.5) is 13.2 Å². The van der Waals surface area contributed by atoms with E-state index in [-0.39, 0.29) is 29.8 Å². The number of rotatable bonds is 7. The van der Waals surface area contributed by atoms with Crippen molar-refractivity contribution < 1.29 is 27.6 Å². The molecule has 0 bridgehead atoms. The number of halogens is 4. The van der Waals surface area contributed by atoms with Crippen molar-refractivity contribution in [1.29, 1.82) is 5.26 Å². The minimum Gasteiger partial charge on any atom is -0.336 e. The lowest BCUT2D eigenvalue weighted by atomic mass is 9.88. The smallest absolute Gasteiger partial charge is 0.336 e. The van der Waals surface area contributed by atoms with Gasteiger partial charge in [0, 0.05) is 24.5 Å². The lowest BCUT2D eigenvalue weighted by Gasteiger charge is -2.32. The van der Waals surface area contributed by atoms with Crippen LogP contribution in [0.25, 0.3) is 0 Å². The van der Waals surface area contributed by atoms with Gasteiger partial charge in [0.25, 0.3) is 0 Å². The van der Waals surface area contributed by atoms with E-state index in [0.717, 1.165) is 0 Å². The lowest BCUT2D eigenvalue weighted by Crippen LogP contribution is -2.56. The fourth-order valence-corrected chi connectivity index (χ4v) is 4.06. The Hall–Kier alpha value is -2.87. The number of nitrogens with one attached hydrogen (secondary N) is 2. The van der Waals surface area contributed by atoms with E-state index in [1.807, 2.05) is 19.9 Å². The number of nitrogens with zero attached hydrogens (tertiary/aromatic N) is 3. The first-order valence-electron chi connectivity index (χ1n) is 10.4. The minimum absolute atomic E-state index is 0.0308. The highest BCUT2D eigenvalue weighted by molar-refractivity contribution is 6.30. The normalized spacial score (nSPS) is 20.2. The standard InChI is InChI=1S/C21H25ClF3N5O3/c1-4-15(29-20(33)21(23,24)25)19(32)30-6-5-14(11(2)3)17(30)18(31)28-16(8-26)12-7-13(22)10-27-9-12/h7,9-11,14-17H,4-6H2,1-3H3,(H,28,31)(H,29,33)/t14?,15-,16?,17-/m0/s1. The average Bonchev–Trinajstić information content (AvgIpc) is 3.20. The highest BCUT2D eigenvalue weighted by Gasteiger charge is 2.46. The third-order valence-electron chi connectivity index (χ3n) is 5.60. The SMILES string of the molecule is CC[C@H](NC(=O)C(F)(F)F)C(=O)N1CCC(C(C)C)[C@H]1C(=O)NC(C#N)c1cncc(Cl)c1. The Kier molecular flexibility index (Phi) is 8.66. The number of carbonyl (C=O) groups is 3. The molecule has 1 saturated heterocycles. The van der Waals surface area contributed by atoms with Crippen LogP contribution in [0.2, 0.25) is 5.02 Å². The van der Waals surface area contributed by atoms with Crippen LogP contribution in [0.5, 0.6) is 0 Å². The van der Waals surface area contributed by atoms with Crippen molar-refractivity contribution in [1.82, 2.24) is 20.5 Å². The van der Waals surface area contributed by atoms with Crippen molar-refractivity contribution in [3.63, 3.8) is 0 Å². The summed E-state index contributed by atoms with van der Waals surface area (Å²) >= 11 is 5.91. The van der Waals surface area contributed by atoms with Crippen molar-refractivity contribution in [2.75, 3.05) is 6.54 Å². The summed E-state index contributed by atoms with van der Waals surface area (Å²) in [6, 6.07) is -0.132. The van der Waals surface area contributed by atoms with Gasteiger partial charge in [0.2, 0.25) is 11.8 Å². The van der Waals surface area contributed by atoms with Crippen LogP contribution in [0, 0.1) is 23.2 Å². The Bertz CT molecular complexity index is 934. The van der Waals surface area contributed by atoms with E-state index in [1.165, 1.54) is 30.3 Å². The Morgan fingerprint density at radius 2 is 1.97 bits per heavy atom. The number of hydrogen-bond donors (Lipinski definition) is 2. The van der Waals surface area contributed by atoms with Crippen molar-refractivity contribution in [3.8, 4) is 6.07 Å². The highest BCUT2D eigenvalue weighted by atomic mass is 35.5. The monoisotopic (exact) mass is 487 g/mol. The maximum atomic E-state index is 13.2. The lowest BCUT2D eigenvalue weighted by molar-refractivity contribution is -0.175. The maximum absolute atomic E-state index is 13.2. The topological polar surface area (TPSA) is 115 Å². The van der Waals surface area contributed by atoms with E-state index in [1.54, 1.807) is 5.32 Å². The van der Waals surface area contributed by atoms with E-state index < -0.39 is 42.0 Å². The van der Waals surface area contributed by atoms with Gasteiger partial charge in [-0.15, -0.1) is 0 Å². The van der Waals surface area contributed by atoms with Crippen molar-refractivity contribution in [2.45, 2.75) is 57.9 Å². The second-order valence-corrected chi connectivity index (χ2v) is 8.55. The van der Waals surface area contributed by atoms with E-state index in [0.29, 0.717) is 12.0 Å². The second-order valence-electron chi connectivity index (χ2n) is 8.11. The summed E-state index contributed by atoms with van der Waals surface area (Å²) in [7, 11) is 0. The largest absolute Gasteiger partial charge is 0.471 e. The van der Waals surface area contributed by atoms with Crippen molar-refractivity contribution >= 4 is 29.3 Å². The molecular weight excluding hydrogens is 463 g/mol. The minimum atomic E-state index is -5.14. The molecule has 33 heavy (non-hydrogen) atoms. The molecule has 1 aromatic heterocycles. The first-order chi connectivity index (χ1) is 15.4. The molecule has 2 unspecified atom stereocenters. The molecule has 0 saturated carbocycles. The molecular formula is C21H25ClF3N5O3. The van der Waals surface area contributed by atoms with Gasteiger partial charge in [-0.2, -0.15) is 18.4 Å². The molecule has 1 aromatic rings. The third kappa shape index (κ3) is 6.35. The Morgan fingerprint density at radius 3 is 2.48 bits per heavy atom. The quantitative estimate of drug-likeness (QED) is 0.613. The number of amides is 3. The van der Waals surface area contributed by atoms with Gasteiger partial charge in [-0.25, -0.2) is 0 Å². The molecule has 1 aliphatic heterocycles. The molecule has 0 radical (unpaired) electrons. The predicted molar refractivity (Wildman–Crippen MR) is 112 cm³/mol. The van der Waals surface area contributed by atoms with Crippen LogP contribution in [0.15, 0.2) is 18.5 Å². The summed E-state index contributed by atoms with van der Waals surface area (Å²) < 4.78 is 38.1. The van der Waals surface area contributed by atoms with Gasteiger partial charge in [0.1, 0.15) is 18.1 Å². The first-order valence-corrected chi connectivity index (χ1v) is 10.8. The molecule has 180 valence electrons. The fraction of sp³-hybridized carbons (Fsp3) is 0.571. The van der Waals surface area contributed by atoms with Crippen LogP contribution in [0.1, 0.15) is 45.2 Å². The van der Waals surface area contributed by atoms with Gasteiger partial charge < -0.3 is 15.5 Å². The molecule has 0 aromatic carbocycles. The number of aromatic nitrogens is 1. The summed E-state index contributed by atoms with van der Waals surface area (Å²) in [5.41, 5.74) is 0.346. The Labute approximate surface area is 194 Å². The predicted octanol–water partition coefficient (Wildman–Crippen LogP) is 2.75. The maximum Gasteiger partial charge on any atom is 0.471 e. The van der Waals surface area contributed by atoms with Crippen LogP contribution in [-0.4, -0.2) is 52.4 Å². The highest BCUT2D eigenvalue weighted by Crippen LogP contribution is 2.32. The molecule has 1 fully saturated rings. The van der Waals surface area contributed by atoms with Gasteiger partial charge in [0.05, 0.1) is 11.1 Å². The number of nitriles is 1. The molecule has 2 heterocycles. The molecule has 4 atom stereocenters. The van der Waals surface area contributed by atoms with Crippen LogP contribution < -0.4 is 10.6 Å². The zero-order chi connectivity index (χ0) is 24.9. The van der Waals surface area contributed by atoms with E-state index in [4.69, 9.17) is 11.6 Å². The first kappa shape index (κ1) is 26.4. The molecule has 1 aliphatic rings. The van der Waals surface area contributed by atoms with Gasteiger partial charge in [-0.05, 0) is 30.7 Å². The molecule has 2 rings (SSSR count). The van der Waals surface area contributed by atoms with E-state index in [9.17, 15) is 32.8 Å². The number of pyridine rings is 1. The van der Waals surface area contributed by atoms with Crippen LogP contribution in [-0.2, 0) is 14.4 Å². The van der Waals surface area contributed by atoms with E-state index >= 15 is 0 Å². The number of hydrogen-bond acceptors (Lipinski definition) is 5. The van der Waals surface area contributed by atoms with Gasteiger partial charge in [-0.1, -0.05) is 32.4 Å². The average molecular weight is 488 g/mol. The Balaban J connectivity index is 2.28. The molecule has 3 amide bonds. The van der Waals surface area contributed by atoms with Crippen LogP contribution in [0.3, 0.4) is 0 Å². The third-order valence-corrected chi connectivity index (χ3v) is 5.80.